The molecule has 4 aromatic heterocycles. The van der Waals surface area contributed by atoms with Gasteiger partial charge in [0.15, 0.2) is 5.01 Å². The second kappa shape index (κ2) is 11.2. The van der Waals surface area contributed by atoms with Gasteiger partial charge in [-0.25, -0.2) is 4.52 Å². The highest BCUT2D eigenvalue weighted by molar-refractivity contribution is 7.18. The molecule has 12 heteroatoms. The van der Waals surface area contributed by atoms with Crippen LogP contribution in [0.2, 0.25) is 0 Å². The lowest BCUT2D eigenvalue weighted by molar-refractivity contribution is -0.130. The van der Waals surface area contributed by atoms with Crippen LogP contribution in [0.1, 0.15) is 51.5 Å². The standard InChI is InChI=1S/C32H38N10OS/c1-21(2)36-26-17-27(28-5-4-24-16-22(18-33)19-35-41(24)28)34-20-25(26)30-38-39-31(44-30)42-13-8-32(9-14-42,10-15-42)37-29(43)23-6-11-40(3)12-7-23/h4-5,16-17,19-21,23H,6-15H2,1-3H3,(H-,34,36,37,38,43)/p+1. The molecule has 0 atom stereocenters. The monoisotopic (exact) mass is 611 g/mol. The number of pyridine rings is 1. The molecule has 4 aliphatic rings. The summed E-state index contributed by atoms with van der Waals surface area (Å²) in [6.07, 6.45) is 8.30. The van der Waals surface area contributed by atoms with E-state index in [0.29, 0.717) is 5.56 Å². The van der Waals surface area contributed by atoms with E-state index in [1.165, 1.54) is 0 Å². The minimum atomic E-state index is -0.0733. The van der Waals surface area contributed by atoms with Gasteiger partial charge in [0, 0.05) is 43.1 Å². The Morgan fingerprint density at radius 2 is 1.86 bits per heavy atom. The summed E-state index contributed by atoms with van der Waals surface area (Å²) in [5, 5.41) is 32.2. The van der Waals surface area contributed by atoms with Crippen LogP contribution in [-0.2, 0) is 4.79 Å². The summed E-state index contributed by atoms with van der Waals surface area (Å²) in [4.78, 5) is 20.3. The van der Waals surface area contributed by atoms with Gasteiger partial charge >= 0.3 is 5.13 Å². The van der Waals surface area contributed by atoms with Crippen molar-refractivity contribution < 1.29 is 4.79 Å². The van der Waals surface area contributed by atoms with Gasteiger partial charge in [-0.05, 0) is 82.4 Å². The number of nitrogens with one attached hydrogen (secondary N) is 2. The molecule has 0 aromatic carbocycles. The fraction of sp³-hybridized carbons (Fsp3) is 0.500. The fourth-order valence-corrected chi connectivity index (χ4v) is 8.15. The first-order chi connectivity index (χ1) is 21.3. The van der Waals surface area contributed by atoms with Gasteiger partial charge in [0.1, 0.15) is 6.07 Å². The largest absolute Gasteiger partial charge is 0.382 e. The molecule has 4 aromatic rings. The smallest absolute Gasteiger partial charge is 0.307 e. The lowest BCUT2D eigenvalue weighted by Gasteiger charge is -2.53. The Labute approximate surface area is 261 Å². The lowest BCUT2D eigenvalue weighted by Crippen LogP contribution is -2.70. The molecule has 2 N–H and O–H groups in total. The number of rotatable bonds is 7. The predicted molar refractivity (Wildman–Crippen MR) is 172 cm³/mol. The van der Waals surface area contributed by atoms with Crippen LogP contribution >= 0.6 is 11.3 Å². The molecule has 4 saturated heterocycles. The van der Waals surface area contributed by atoms with Crippen LogP contribution < -0.4 is 15.1 Å². The van der Waals surface area contributed by atoms with Gasteiger partial charge in [0.2, 0.25) is 5.91 Å². The third-order valence-corrected chi connectivity index (χ3v) is 11.0. The molecule has 0 radical (unpaired) electrons. The maximum atomic E-state index is 13.2. The molecule has 8 rings (SSSR count). The molecule has 1 amide bonds. The topological polar surface area (TPSA) is 124 Å². The summed E-state index contributed by atoms with van der Waals surface area (Å²) in [5.41, 5.74) is 4.81. The minimum Gasteiger partial charge on any atom is -0.382 e. The SMILES string of the molecule is CC(C)Nc1cc(-c2ccc3cc(C#N)cnn23)ncc1-c1nnc([N+]23CCC(NC(=O)C4CCN(C)CC4)(CC2)CC3)s1. The minimum absolute atomic E-state index is 0.0733. The molecular formula is C32H39N10OS+. The van der Waals surface area contributed by atoms with E-state index in [0.717, 1.165) is 108 Å². The van der Waals surface area contributed by atoms with Crippen molar-refractivity contribution in [2.24, 2.45) is 5.92 Å². The molecule has 8 heterocycles. The Bertz CT molecular complexity index is 1720. The number of nitrogens with zero attached hydrogens (tertiary/aromatic N) is 8. The third kappa shape index (κ3) is 5.23. The third-order valence-electron chi connectivity index (χ3n) is 9.82. The van der Waals surface area contributed by atoms with Crippen molar-refractivity contribution in [2.75, 3.05) is 45.1 Å². The first kappa shape index (κ1) is 28.8. The molecule has 0 spiro atoms. The molecule has 0 saturated carbocycles. The number of hydrogen-bond donors (Lipinski definition) is 2. The second-order valence-electron chi connectivity index (χ2n) is 13.1. The molecule has 228 valence electrons. The Hall–Kier alpha value is -3.92. The second-order valence-corrected chi connectivity index (χ2v) is 14.1. The maximum Gasteiger partial charge on any atom is 0.307 e. The predicted octanol–water partition coefficient (Wildman–Crippen LogP) is 4.31. The molecule has 44 heavy (non-hydrogen) atoms. The lowest BCUT2D eigenvalue weighted by atomic mass is 9.77. The Balaban J connectivity index is 1.10. The van der Waals surface area contributed by atoms with E-state index < -0.39 is 0 Å². The molecule has 0 unspecified atom stereocenters. The van der Waals surface area contributed by atoms with E-state index in [1.807, 2.05) is 35.0 Å². The number of amides is 1. The van der Waals surface area contributed by atoms with E-state index in [-0.39, 0.29) is 23.4 Å². The van der Waals surface area contributed by atoms with Crippen molar-refractivity contribution in [3.63, 3.8) is 0 Å². The summed E-state index contributed by atoms with van der Waals surface area (Å²) >= 11 is 1.66. The summed E-state index contributed by atoms with van der Waals surface area (Å²) in [7, 11) is 2.13. The summed E-state index contributed by atoms with van der Waals surface area (Å²) in [6, 6.07) is 10.2. The van der Waals surface area contributed by atoms with E-state index in [4.69, 9.17) is 10.1 Å². The van der Waals surface area contributed by atoms with Crippen molar-refractivity contribution in [2.45, 2.75) is 57.5 Å². The summed E-state index contributed by atoms with van der Waals surface area (Å²) in [6.45, 7) is 9.15. The van der Waals surface area contributed by atoms with Gasteiger partial charge < -0.3 is 15.5 Å². The van der Waals surface area contributed by atoms with Gasteiger partial charge in [-0.1, -0.05) is 5.10 Å². The molecule has 4 aliphatic heterocycles. The average Bonchev–Trinajstić information content (AvgIpc) is 3.70. The zero-order chi connectivity index (χ0) is 30.5. The molecule has 11 nitrogen and oxygen atoms in total. The van der Waals surface area contributed by atoms with Crippen molar-refractivity contribution >= 4 is 33.6 Å². The molecular weight excluding hydrogens is 572 g/mol. The van der Waals surface area contributed by atoms with Crippen LogP contribution in [-0.4, -0.2) is 87.0 Å². The van der Waals surface area contributed by atoms with Crippen molar-refractivity contribution in [1.82, 2.24) is 39.5 Å². The first-order valence-corrected chi connectivity index (χ1v) is 16.4. The van der Waals surface area contributed by atoms with Gasteiger partial charge in [-0.2, -0.15) is 10.4 Å². The number of aromatic nitrogens is 5. The van der Waals surface area contributed by atoms with Crippen LogP contribution in [0.25, 0.3) is 27.5 Å². The summed E-state index contributed by atoms with van der Waals surface area (Å²) in [5.74, 6) is 0.405. The number of quaternary nitrogens is 1. The summed E-state index contributed by atoms with van der Waals surface area (Å²) < 4.78 is 2.65. The van der Waals surface area contributed by atoms with Gasteiger partial charge in [0.05, 0.1) is 59.4 Å². The average molecular weight is 612 g/mol. The fourth-order valence-electron chi connectivity index (χ4n) is 7.07. The van der Waals surface area contributed by atoms with Crippen LogP contribution in [0.4, 0.5) is 10.8 Å². The Morgan fingerprint density at radius 1 is 1.11 bits per heavy atom. The highest BCUT2D eigenvalue weighted by atomic mass is 32.1. The molecule has 0 aliphatic carbocycles. The van der Waals surface area contributed by atoms with Crippen molar-refractivity contribution in [1.29, 1.82) is 5.26 Å². The number of likely N-dealkylation sites (tertiary alicyclic amines) is 1. The number of carbonyl (C=O) groups is 1. The highest BCUT2D eigenvalue weighted by Crippen LogP contribution is 2.44. The quantitative estimate of drug-likeness (QED) is 0.297. The number of piperidine rings is 4. The van der Waals surface area contributed by atoms with Crippen molar-refractivity contribution in [3.05, 3.63) is 42.2 Å². The van der Waals surface area contributed by atoms with Gasteiger partial charge in [-0.3, -0.25) is 14.3 Å². The van der Waals surface area contributed by atoms with E-state index in [9.17, 15) is 10.1 Å². The van der Waals surface area contributed by atoms with Gasteiger partial charge in [-0.15, -0.1) is 5.10 Å². The van der Waals surface area contributed by atoms with E-state index >= 15 is 0 Å². The van der Waals surface area contributed by atoms with Gasteiger partial charge in [0.25, 0.3) is 0 Å². The molecule has 4 fully saturated rings. The van der Waals surface area contributed by atoms with E-state index in [1.54, 1.807) is 17.5 Å². The zero-order valence-corrected chi connectivity index (χ0v) is 26.4. The van der Waals surface area contributed by atoms with E-state index in [2.05, 4.69) is 52.7 Å². The maximum absolute atomic E-state index is 13.2. The van der Waals surface area contributed by atoms with Crippen LogP contribution in [0.5, 0.6) is 0 Å². The van der Waals surface area contributed by atoms with Crippen LogP contribution in [0, 0.1) is 17.2 Å². The van der Waals surface area contributed by atoms with Crippen molar-refractivity contribution in [3.8, 4) is 28.0 Å². The number of carbonyl (C=O) groups excluding carboxylic acids is 1. The number of hydrogen-bond acceptors (Lipinski definition) is 9. The Kier molecular flexibility index (Phi) is 7.35. The van der Waals surface area contributed by atoms with Crippen LogP contribution in [0.15, 0.2) is 36.7 Å². The first-order valence-electron chi connectivity index (χ1n) is 15.6. The number of anilines is 1. The number of nitriles is 1. The highest BCUT2D eigenvalue weighted by Gasteiger charge is 2.52. The zero-order valence-electron chi connectivity index (χ0n) is 25.6. The Morgan fingerprint density at radius 3 is 2.57 bits per heavy atom. The number of fused-ring (bicyclic) bond motifs is 4. The van der Waals surface area contributed by atoms with Crippen LogP contribution in [0.3, 0.4) is 0 Å². The molecule has 2 bridgehead atoms. The normalized spacial score (nSPS) is 24.1.